The summed E-state index contributed by atoms with van der Waals surface area (Å²) in [6.45, 7) is 1.36. The average Bonchev–Trinajstić information content (AvgIpc) is 2.37. The van der Waals surface area contributed by atoms with Gasteiger partial charge in [-0.2, -0.15) is 0 Å². The molecule has 3 saturated heterocycles. The molecule has 0 aromatic rings. The van der Waals surface area contributed by atoms with Gasteiger partial charge in [-0.15, -0.1) is 0 Å². The lowest BCUT2D eigenvalue weighted by Crippen LogP contribution is -2.46. The first-order valence-electron chi connectivity index (χ1n) is 6.09. The molecule has 0 aromatic carbocycles. The molecule has 0 N–H and O–H groups in total. The molecule has 15 heavy (non-hydrogen) atoms. The number of piperidine rings is 1. The molecule has 3 fully saturated rings. The second-order valence-corrected chi connectivity index (χ2v) is 5.36. The van der Waals surface area contributed by atoms with E-state index in [9.17, 15) is 4.79 Å². The summed E-state index contributed by atoms with van der Waals surface area (Å²) in [5, 5.41) is 0. The van der Waals surface area contributed by atoms with E-state index in [0.29, 0.717) is 37.0 Å². The number of hydrogen-bond donors (Lipinski definition) is 0. The van der Waals surface area contributed by atoms with Crippen LogP contribution in [-0.2, 0) is 9.53 Å². The quantitative estimate of drug-likeness (QED) is 0.681. The van der Waals surface area contributed by atoms with E-state index in [1.165, 1.54) is 12.8 Å². The first kappa shape index (κ1) is 9.79. The number of ether oxygens (including phenoxy) is 1. The van der Waals surface area contributed by atoms with Gasteiger partial charge in [-0.25, -0.2) is 0 Å². The molecular formula is C12H19NO2. The van der Waals surface area contributed by atoms with Gasteiger partial charge in [-0.1, -0.05) is 0 Å². The minimum Gasteiger partial charge on any atom is -0.380 e. The largest absolute Gasteiger partial charge is 0.380 e. The van der Waals surface area contributed by atoms with Crippen LogP contribution < -0.4 is 0 Å². The second kappa shape index (κ2) is 3.56. The molecule has 2 bridgehead atoms. The van der Waals surface area contributed by atoms with Crippen LogP contribution in [0.4, 0.5) is 0 Å². The summed E-state index contributed by atoms with van der Waals surface area (Å²) in [5.74, 6) is 1.07. The molecular weight excluding hydrogens is 190 g/mol. The van der Waals surface area contributed by atoms with Crippen LogP contribution in [0.1, 0.15) is 25.7 Å². The van der Waals surface area contributed by atoms with Crippen LogP contribution in [0.2, 0.25) is 0 Å². The minimum atomic E-state index is 0.234. The summed E-state index contributed by atoms with van der Waals surface area (Å²) >= 11 is 0. The molecule has 84 valence electrons. The first-order chi connectivity index (χ1) is 7.25. The lowest BCUT2D eigenvalue weighted by molar-refractivity contribution is -0.143. The highest BCUT2D eigenvalue weighted by molar-refractivity contribution is 5.84. The average molecular weight is 209 g/mol. The molecule has 0 amide bonds. The third-order valence-corrected chi connectivity index (χ3v) is 4.54. The SMILES string of the molecule is CN1C2CCC1CC(C(=O)C1COC1)C2. The summed E-state index contributed by atoms with van der Waals surface area (Å²) in [4.78, 5) is 14.6. The number of hydrogen-bond acceptors (Lipinski definition) is 3. The highest BCUT2D eigenvalue weighted by Crippen LogP contribution is 2.39. The maximum absolute atomic E-state index is 12.1. The number of ketones is 1. The summed E-state index contributed by atoms with van der Waals surface area (Å²) < 4.78 is 5.11. The van der Waals surface area contributed by atoms with Gasteiger partial charge >= 0.3 is 0 Å². The van der Waals surface area contributed by atoms with Crippen molar-refractivity contribution < 1.29 is 9.53 Å². The third-order valence-electron chi connectivity index (χ3n) is 4.54. The topological polar surface area (TPSA) is 29.5 Å². The summed E-state index contributed by atoms with van der Waals surface area (Å²) in [5.41, 5.74) is 0. The first-order valence-corrected chi connectivity index (χ1v) is 6.09. The van der Waals surface area contributed by atoms with Gasteiger partial charge in [0.05, 0.1) is 19.1 Å². The van der Waals surface area contributed by atoms with E-state index in [4.69, 9.17) is 4.74 Å². The number of Topliss-reactive ketones (excluding diaryl/α,β-unsaturated/α-hetero) is 1. The van der Waals surface area contributed by atoms with Gasteiger partial charge in [0.1, 0.15) is 5.78 Å². The fourth-order valence-corrected chi connectivity index (χ4v) is 3.38. The fraction of sp³-hybridized carbons (Fsp3) is 0.917. The lowest BCUT2D eigenvalue weighted by atomic mass is 9.82. The van der Waals surface area contributed by atoms with E-state index in [1.807, 2.05) is 0 Å². The Morgan fingerprint density at radius 3 is 2.20 bits per heavy atom. The molecule has 3 heterocycles. The Balaban J connectivity index is 1.66. The Morgan fingerprint density at radius 1 is 1.13 bits per heavy atom. The van der Waals surface area contributed by atoms with E-state index in [2.05, 4.69) is 11.9 Å². The van der Waals surface area contributed by atoms with Crippen molar-refractivity contribution in [3.05, 3.63) is 0 Å². The van der Waals surface area contributed by atoms with Crippen molar-refractivity contribution in [2.24, 2.45) is 11.8 Å². The molecule has 0 radical (unpaired) electrons. The zero-order valence-corrected chi connectivity index (χ0v) is 9.32. The van der Waals surface area contributed by atoms with E-state index in [1.54, 1.807) is 0 Å². The molecule has 0 aliphatic carbocycles. The van der Waals surface area contributed by atoms with Gasteiger partial charge in [0.2, 0.25) is 0 Å². The molecule has 2 atom stereocenters. The van der Waals surface area contributed by atoms with Crippen molar-refractivity contribution in [2.45, 2.75) is 37.8 Å². The van der Waals surface area contributed by atoms with Crippen LogP contribution >= 0.6 is 0 Å². The minimum absolute atomic E-state index is 0.234. The zero-order valence-electron chi connectivity index (χ0n) is 9.32. The Kier molecular flexibility index (Phi) is 2.33. The Labute approximate surface area is 90.8 Å². The van der Waals surface area contributed by atoms with Crippen LogP contribution in [0.5, 0.6) is 0 Å². The highest BCUT2D eigenvalue weighted by Gasteiger charge is 2.43. The molecule has 0 spiro atoms. The highest BCUT2D eigenvalue weighted by atomic mass is 16.5. The van der Waals surface area contributed by atoms with Crippen molar-refractivity contribution in [1.29, 1.82) is 0 Å². The van der Waals surface area contributed by atoms with Crippen LogP contribution in [0.25, 0.3) is 0 Å². The van der Waals surface area contributed by atoms with Gasteiger partial charge in [0.15, 0.2) is 0 Å². The Bertz CT molecular complexity index is 261. The monoisotopic (exact) mass is 209 g/mol. The maximum atomic E-state index is 12.1. The fourth-order valence-electron chi connectivity index (χ4n) is 3.38. The lowest BCUT2D eigenvalue weighted by Gasteiger charge is -2.38. The molecule has 2 unspecified atom stereocenters. The van der Waals surface area contributed by atoms with Crippen LogP contribution in [0, 0.1) is 11.8 Å². The number of carbonyl (C=O) groups excluding carboxylic acids is 1. The van der Waals surface area contributed by atoms with Gasteiger partial charge in [-0.3, -0.25) is 4.79 Å². The smallest absolute Gasteiger partial charge is 0.143 e. The number of fused-ring (bicyclic) bond motifs is 2. The van der Waals surface area contributed by atoms with Crippen molar-refractivity contribution in [2.75, 3.05) is 20.3 Å². The third kappa shape index (κ3) is 1.53. The predicted molar refractivity (Wildman–Crippen MR) is 56.6 cm³/mol. The molecule has 3 heteroatoms. The van der Waals surface area contributed by atoms with Gasteiger partial charge in [0.25, 0.3) is 0 Å². The maximum Gasteiger partial charge on any atom is 0.143 e. The molecule has 3 aliphatic heterocycles. The number of nitrogens with zero attached hydrogens (tertiary/aromatic N) is 1. The van der Waals surface area contributed by atoms with E-state index in [0.717, 1.165) is 12.8 Å². The van der Waals surface area contributed by atoms with Crippen molar-refractivity contribution in [3.63, 3.8) is 0 Å². The Hall–Kier alpha value is -0.410. The molecule has 3 aliphatic rings. The van der Waals surface area contributed by atoms with E-state index >= 15 is 0 Å². The summed E-state index contributed by atoms with van der Waals surface area (Å²) in [6.07, 6.45) is 4.79. The summed E-state index contributed by atoms with van der Waals surface area (Å²) in [7, 11) is 2.22. The molecule has 3 rings (SSSR count). The van der Waals surface area contributed by atoms with Crippen molar-refractivity contribution >= 4 is 5.78 Å². The van der Waals surface area contributed by atoms with Crippen molar-refractivity contribution in [3.8, 4) is 0 Å². The normalized spacial score (nSPS) is 41.5. The summed E-state index contributed by atoms with van der Waals surface area (Å²) in [6, 6.07) is 1.36. The van der Waals surface area contributed by atoms with Crippen LogP contribution in [0.3, 0.4) is 0 Å². The number of carbonyl (C=O) groups is 1. The standard InChI is InChI=1S/C12H19NO2/c1-13-10-2-3-11(13)5-8(4-10)12(14)9-6-15-7-9/h8-11H,2-7H2,1H3. The van der Waals surface area contributed by atoms with Crippen molar-refractivity contribution in [1.82, 2.24) is 4.90 Å². The zero-order chi connectivity index (χ0) is 10.4. The number of rotatable bonds is 2. The van der Waals surface area contributed by atoms with Gasteiger partial charge in [0, 0.05) is 18.0 Å². The van der Waals surface area contributed by atoms with Crippen LogP contribution in [-0.4, -0.2) is 43.0 Å². The predicted octanol–water partition coefficient (Wildman–Crippen LogP) is 1.07. The Morgan fingerprint density at radius 2 is 1.73 bits per heavy atom. The second-order valence-electron chi connectivity index (χ2n) is 5.36. The van der Waals surface area contributed by atoms with E-state index in [-0.39, 0.29) is 5.92 Å². The molecule has 3 nitrogen and oxygen atoms in total. The van der Waals surface area contributed by atoms with E-state index < -0.39 is 0 Å². The van der Waals surface area contributed by atoms with Crippen LogP contribution in [0.15, 0.2) is 0 Å². The van der Waals surface area contributed by atoms with Gasteiger partial charge < -0.3 is 9.64 Å². The molecule has 0 aromatic heterocycles. The van der Waals surface area contributed by atoms with Gasteiger partial charge in [-0.05, 0) is 32.7 Å². The molecule has 0 saturated carbocycles.